The molecule has 0 radical (unpaired) electrons. The molecule has 0 aliphatic carbocycles. The van der Waals surface area contributed by atoms with Gasteiger partial charge in [0.25, 0.3) is 0 Å². The van der Waals surface area contributed by atoms with Crippen molar-refractivity contribution >= 4 is 46.1 Å². The molecule has 0 fully saturated rings. The van der Waals surface area contributed by atoms with Crippen molar-refractivity contribution < 1.29 is 62.3 Å². The predicted octanol–water partition coefficient (Wildman–Crippen LogP) is 0.225. The standard InChI is InChI=1S/C17H20N2O2S.Al.K.4H/c1-3-20-15-9-5-13(6-10-15)18-17(22)19-14-7-11-16(12-8-14)21-4-2;;;;;;/h5-12H,3-4H2,1-2H3,(H2,18,19,22);;;;;;/q;;+1;;;;-1. The zero-order valence-corrected chi connectivity index (χ0v) is 17.7. The maximum Gasteiger partial charge on any atom is 1.00 e. The monoisotopic (exact) mass is 386 g/mol. The number of benzene rings is 2. The molecule has 0 saturated heterocycles. The molecule has 24 heavy (non-hydrogen) atoms. The summed E-state index contributed by atoms with van der Waals surface area (Å²) in [6, 6.07) is 15.3. The summed E-state index contributed by atoms with van der Waals surface area (Å²) < 4.78 is 10.8. The quantitative estimate of drug-likeness (QED) is 0.550. The van der Waals surface area contributed by atoms with Crippen molar-refractivity contribution in [2.75, 3.05) is 23.8 Å². The normalized spacial score (nSPS) is 9.08. The third-order valence-electron chi connectivity index (χ3n) is 2.85. The zero-order chi connectivity index (χ0) is 15.8. The molecule has 0 saturated carbocycles. The average Bonchev–Trinajstić information content (AvgIpc) is 2.52. The summed E-state index contributed by atoms with van der Waals surface area (Å²) in [7, 11) is 0. The van der Waals surface area contributed by atoms with Crippen LogP contribution in [-0.4, -0.2) is 35.7 Å². The zero-order valence-electron chi connectivity index (χ0n) is 14.8. The molecule has 2 rings (SSSR count). The fraction of sp³-hybridized carbons (Fsp3) is 0.235. The van der Waals surface area contributed by atoms with E-state index in [0.29, 0.717) is 18.3 Å². The first kappa shape index (κ1) is 23.9. The Balaban J connectivity index is 0. The Morgan fingerprint density at radius 3 is 1.46 bits per heavy atom. The van der Waals surface area contributed by atoms with Gasteiger partial charge in [-0.2, -0.15) is 0 Å². The summed E-state index contributed by atoms with van der Waals surface area (Å²) in [6.45, 7) is 5.24. The Kier molecular flexibility index (Phi) is 13.1. The molecule has 0 atom stereocenters. The summed E-state index contributed by atoms with van der Waals surface area (Å²) in [5, 5.41) is 6.80. The molecule has 2 aromatic carbocycles. The van der Waals surface area contributed by atoms with Crippen molar-refractivity contribution in [3.05, 3.63) is 48.5 Å². The van der Waals surface area contributed by atoms with E-state index in [1.165, 1.54) is 0 Å². The van der Waals surface area contributed by atoms with Crippen molar-refractivity contribution in [3.63, 3.8) is 0 Å². The number of rotatable bonds is 6. The van der Waals surface area contributed by atoms with Crippen molar-refractivity contribution in [1.82, 2.24) is 0 Å². The molecule has 0 aromatic heterocycles. The number of anilines is 2. The Morgan fingerprint density at radius 2 is 1.17 bits per heavy atom. The van der Waals surface area contributed by atoms with Gasteiger partial charge in [-0.15, -0.1) is 0 Å². The molecule has 7 heteroatoms. The maximum atomic E-state index is 5.40. The number of hydrogen-bond donors (Lipinski definition) is 2. The first-order valence-electron chi connectivity index (χ1n) is 7.25. The van der Waals surface area contributed by atoms with Gasteiger partial charge in [0.05, 0.1) is 13.2 Å². The van der Waals surface area contributed by atoms with Gasteiger partial charge in [-0.05, 0) is 74.6 Å². The number of thiocarbonyl (C=S) groups is 1. The minimum Gasteiger partial charge on any atom is -1.00 e. The molecule has 4 nitrogen and oxygen atoms in total. The van der Waals surface area contributed by atoms with E-state index >= 15 is 0 Å². The Hall–Kier alpha value is -0.101. The van der Waals surface area contributed by atoms with Crippen LogP contribution >= 0.6 is 12.2 Å². The summed E-state index contributed by atoms with van der Waals surface area (Å²) in [5.41, 5.74) is 1.82. The molecule has 0 bridgehead atoms. The SMILES string of the molecule is CCOc1ccc(NC(=S)Nc2ccc(OCC)cc2)cc1.[AlH3].[H-].[K+]. The van der Waals surface area contributed by atoms with E-state index in [1.807, 2.05) is 62.4 Å². The van der Waals surface area contributed by atoms with Crippen molar-refractivity contribution in [1.29, 1.82) is 0 Å². The number of hydrogen-bond acceptors (Lipinski definition) is 3. The summed E-state index contributed by atoms with van der Waals surface area (Å²) in [6.07, 6.45) is 0. The third kappa shape index (κ3) is 8.32. The molecule has 0 aliphatic rings. The van der Waals surface area contributed by atoms with Crippen LogP contribution in [0.3, 0.4) is 0 Å². The number of nitrogens with one attached hydrogen (secondary N) is 2. The van der Waals surface area contributed by atoms with E-state index in [1.54, 1.807) is 0 Å². The van der Waals surface area contributed by atoms with Crippen molar-refractivity contribution in [2.45, 2.75) is 13.8 Å². The first-order chi connectivity index (χ1) is 10.7. The second kappa shape index (κ2) is 13.1. The molecule has 2 N–H and O–H groups in total. The minimum atomic E-state index is 0. The van der Waals surface area contributed by atoms with Crippen LogP contribution in [0.5, 0.6) is 11.5 Å². The van der Waals surface area contributed by atoms with Gasteiger partial charge >= 0.3 is 51.4 Å². The van der Waals surface area contributed by atoms with Gasteiger partial charge in [0.15, 0.2) is 22.5 Å². The molecular formula is C17H24AlKN2O2S. The van der Waals surface area contributed by atoms with Crippen molar-refractivity contribution in [2.24, 2.45) is 0 Å². The fourth-order valence-electron chi connectivity index (χ4n) is 1.90. The molecule has 2 aromatic rings. The van der Waals surface area contributed by atoms with E-state index in [4.69, 9.17) is 21.7 Å². The molecular weight excluding hydrogens is 362 g/mol. The van der Waals surface area contributed by atoms with Gasteiger partial charge in [-0.25, -0.2) is 0 Å². The maximum absolute atomic E-state index is 5.40. The molecule has 124 valence electrons. The van der Waals surface area contributed by atoms with E-state index in [0.717, 1.165) is 22.9 Å². The van der Waals surface area contributed by atoms with E-state index in [2.05, 4.69) is 10.6 Å². The molecule has 0 heterocycles. The summed E-state index contributed by atoms with van der Waals surface area (Å²) in [4.78, 5) is 0. The van der Waals surface area contributed by atoms with Crippen LogP contribution in [0.1, 0.15) is 15.3 Å². The van der Waals surface area contributed by atoms with Gasteiger partial charge < -0.3 is 21.5 Å². The minimum absolute atomic E-state index is 0. The molecule has 0 amide bonds. The van der Waals surface area contributed by atoms with E-state index < -0.39 is 0 Å². The molecule has 0 aliphatic heterocycles. The van der Waals surface area contributed by atoms with Crippen LogP contribution in [0.2, 0.25) is 0 Å². The Bertz CT molecular complexity index is 562. The second-order valence-corrected chi connectivity index (χ2v) is 4.90. The van der Waals surface area contributed by atoms with Crippen LogP contribution < -0.4 is 71.5 Å². The van der Waals surface area contributed by atoms with Crippen LogP contribution in [-0.2, 0) is 0 Å². The topological polar surface area (TPSA) is 42.5 Å². The number of ether oxygens (including phenoxy) is 2. The predicted molar refractivity (Wildman–Crippen MR) is 106 cm³/mol. The van der Waals surface area contributed by atoms with E-state index in [-0.39, 0.29) is 70.2 Å². The smallest absolute Gasteiger partial charge is 1.00 e. The summed E-state index contributed by atoms with van der Waals surface area (Å²) >= 11 is 5.30. The van der Waals surface area contributed by atoms with Gasteiger partial charge in [-0.3, -0.25) is 0 Å². The van der Waals surface area contributed by atoms with Crippen molar-refractivity contribution in [3.8, 4) is 11.5 Å². The Labute approximate surface area is 203 Å². The third-order valence-corrected chi connectivity index (χ3v) is 3.05. The fourth-order valence-corrected chi connectivity index (χ4v) is 2.13. The van der Waals surface area contributed by atoms with E-state index in [9.17, 15) is 0 Å². The summed E-state index contributed by atoms with van der Waals surface area (Å²) in [5.74, 6) is 1.69. The van der Waals surface area contributed by atoms with Gasteiger partial charge in [0.2, 0.25) is 0 Å². The molecule has 0 unspecified atom stereocenters. The average molecular weight is 387 g/mol. The van der Waals surface area contributed by atoms with Crippen LogP contribution in [0.25, 0.3) is 0 Å². The van der Waals surface area contributed by atoms with Gasteiger partial charge in [0.1, 0.15) is 11.5 Å². The van der Waals surface area contributed by atoms with Gasteiger partial charge in [-0.1, -0.05) is 0 Å². The van der Waals surface area contributed by atoms with Crippen LogP contribution in [0.15, 0.2) is 48.5 Å². The first-order valence-corrected chi connectivity index (χ1v) is 7.65. The van der Waals surface area contributed by atoms with Crippen LogP contribution in [0, 0.1) is 0 Å². The van der Waals surface area contributed by atoms with Gasteiger partial charge in [0, 0.05) is 11.4 Å². The molecule has 0 spiro atoms. The second-order valence-electron chi connectivity index (χ2n) is 4.49. The Morgan fingerprint density at radius 1 is 0.833 bits per heavy atom. The largest absolute Gasteiger partial charge is 1.00 e. The van der Waals surface area contributed by atoms with Crippen LogP contribution in [0.4, 0.5) is 11.4 Å².